The Morgan fingerprint density at radius 2 is 1.65 bits per heavy atom. The molecule has 2 aromatic carbocycles. The molecule has 5 nitrogen and oxygen atoms in total. The highest BCUT2D eigenvalue weighted by molar-refractivity contribution is 14.0. The molecule has 3 N–H and O–H groups in total. The zero-order valence-corrected chi connectivity index (χ0v) is 18.0. The van der Waals surface area contributed by atoms with Crippen molar-refractivity contribution in [1.29, 1.82) is 0 Å². The molecule has 1 amide bonds. The number of halogens is 2. The van der Waals surface area contributed by atoms with Gasteiger partial charge in [0, 0.05) is 37.3 Å². The lowest BCUT2D eigenvalue weighted by Crippen LogP contribution is -2.36. The van der Waals surface area contributed by atoms with Gasteiger partial charge in [-0.15, -0.1) is 24.0 Å². The number of hydrogen-bond donors (Lipinski definition) is 3. The molecule has 0 unspecified atom stereocenters. The first kappa shape index (κ1) is 22.2. The van der Waals surface area contributed by atoms with Gasteiger partial charge >= 0.3 is 0 Å². The summed E-state index contributed by atoms with van der Waals surface area (Å²) in [5, 5.41) is 9.99. The van der Waals surface area contributed by atoms with E-state index in [0.29, 0.717) is 31.2 Å². The van der Waals surface area contributed by atoms with Crippen molar-refractivity contribution < 1.29 is 4.79 Å². The zero-order chi connectivity index (χ0) is 18.1. The fourth-order valence-electron chi connectivity index (χ4n) is 2.26. The zero-order valence-electron chi connectivity index (χ0n) is 14.9. The van der Waals surface area contributed by atoms with Crippen molar-refractivity contribution in [3.63, 3.8) is 0 Å². The van der Waals surface area contributed by atoms with Gasteiger partial charge in [-0.3, -0.25) is 9.79 Å². The molecule has 0 bridgehead atoms. The molecule has 0 fully saturated rings. The van der Waals surface area contributed by atoms with Gasteiger partial charge in [0.25, 0.3) is 5.91 Å². The Balaban J connectivity index is 0.00000338. The lowest BCUT2D eigenvalue weighted by molar-refractivity contribution is 0.0956. The van der Waals surface area contributed by atoms with Crippen molar-refractivity contribution in [3.8, 4) is 0 Å². The summed E-state index contributed by atoms with van der Waals surface area (Å²) >= 11 is 6.15. The van der Waals surface area contributed by atoms with Crippen molar-refractivity contribution in [3.05, 3.63) is 70.2 Å². The van der Waals surface area contributed by atoms with E-state index in [1.807, 2.05) is 55.5 Å². The van der Waals surface area contributed by atoms with Gasteiger partial charge < -0.3 is 16.0 Å². The van der Waals surface area contributed by atoms with E-state index in [1.54, 1.807) is 7.05 Å². The van der Waals surface area contributed by atoms with Gasteiger partial charge in [0.15, 0.2) is 5.96 Å². The van der Waals surface area contributed by atoms with Crippen molar-refractivity contribution in [1.82, 2.24) is 16.0 Å². The Morgan fingerprint density at radius 1 is 1.00 bits per heavy atom. The summed E-state index contributed by atoms with van der Waals surface area (Å²) in [5.41, 5.74) is 2.74. The number of rotatable bonds is 6. The molecule has 140 valence electrons. The van der Waals surface area contributed by atoms with Crippen molar-refractivity contribution in [2.75, 3.05) is 13.6 Å². The Morgan fingerprint density at radius 3 is 2.27 bits per heavy atom. The third-order valence-electron chi connectivity index (χ3n) is 3.64. The Bertz CT molecular complexity index is 735. The van der Waals surface area contributed by atoms with Crippen molar-refractivity contribution in [2.45, 2.75) is 20.0 Å². The van der Waals surface area contributed by atoms with E-state index in [-0.39, 0.29) is 29.9 Å². The summed E-state index contributed by atoms with van der Waals surface area (Å²) in [4.78, 5) is 16.0. The summed E-state index contributed by atoms with van der Waals surface area (Å²) in [6.07, 6.45) is 0. The molecule has 0 aliphatic carbocycles. The van der Waals surface area contributed by atoms with E-state index < -0.39 is 0 Å². The first-order valence-electron chi connectivity index (χ1n) is 8.19. The van der Waals surface area contributed by atoms with Gasteiger partial charge in [0.2, 0.25) is 0 Å². The lowest BCUT2D eigenvalue weighted by atomic mass is 10.1. The molecule has 0 saturated heterocycles. The molecule has 0 spiro atoms. The molecule has 0 heterocycles. The Labute approximate surface area is 176 Å². The van der Waals surface area contributed by atoms with Crippen LogP contribution in [0, 0.1) is 0 Å². The number of guanidine groups is 1. The number of amides is 1. The number of benzene rings is 2. The van der Waals surface area contributed by atoms with Crippen LogP contribution in [-0.2, 0) is 13.1 Å². The quantitative estimate of drug-likeness (QED) is 0.332. The van der Waals surface area contributed by atoms with Gasteiger partial charge in [0.1, 0.15) is 0 Å². The predicted octanol–water partition coefficient (Wildman–Crippen LogP) is 3.57. The average Bonchev–Trinajstić information content (AvgIpc) is 2.64. The molecule has 26 heavy (non-hydrogen) atoms. The molecule has 0 radical (unpaired) electrons. The fraction of sp³-hybridized carbons (Fsp3) is 0.263. The highest BCUT2D eigenvalue weighted by Crippen LogP contribution is 2.14. The third kappa shape index (κ3) is 6.84. The molecule has 2 rings (SSSR count). The Hall–Kier alpha value is -1.80. The van der Waals surface area contributed by atoms with Crippen LogP contribution in [-0.4, -0.2) is 25.5 Å². The average molecular weight is 487 g/mol. The van der Waals surface area contributed by atoms with Crippen LogP contribution in [0.3, 0.4) is 0 Å². The minimum Gasteiger partial charge on any atom is -0.352 e. The second kappa shape index (κ2) is 11.7. The molecule has 7 heteroatoms. The molecule has 0 aliphatic rings. The van der Waals surface area contributed by atoms with Crippen molar-refractivity contribution >= 4 is 47.4 Å². The first-order valence-corrected chi connectivity index (χ1v) is 8.57. The molecule has 2 aromatic rings. The van der Waals surface area contributed by atoms with Crippen LogP contribution < -0.4 is 16.0 Å². The summed E-state index contributed by atoms with van der Waals surface area (Å²) in [5.74, 6) is 0.631. The molecule has 0 aliphatic heterocycles. The van der Waals surface area contributed by atoms with Crippen LogP contribution in [0.5, 0.6) is 0 Å². The van der Waals surface area contributed by atoms with E-state index in [4.69, 9.17) is 11.6 Å². The molecule has 0 aromatic heterocycles. The molecular formula is C19H24ClIN4O. The third-order valence-corrected chi connectivity index (χ3v) is 4.01. The van der Waals surface area contributed by atoms with Crippen LogP contribution in [0.15, 0.2) is 53.5 Å². The standard InChI is InChI=1S/C19H23ClN4O.HI/c1-3-22-18(25)15-10-8-14(9-11-15)12-23-19(21-2)24-13-16-6-4-5-7-17(16)20;/h4-11H,3,12-13H2,1-2H3,(H,22,25)(H2,21,23,24);1H. The van der Waals surface area contributed by atoms with Crippen LogP contribution in [0.1, 0.15) is 28.4 Å². The molecular weight excluding hydrogens is 463 g/mol. The van der Waals surface area contributed by atoms with Gasteiger partial charge in [0.05, 0.1) is 0 Å². The van der Waals surface area contributed by atoms with E-state index in [0.717, 1.165) is 16.1 Å². The highest BCUT2D eigenvalue weighted by atomic mass is 127. The van der Waals surface area contributed by atoms with E-state index >= 15 is 0 Å². The second-order valence-corrected chi connectivity index (χ2v) is 5.83. The maximum Gasteiger partial charge on any atom is 0.251 e. The maximum atomic E-state index is 11.7. The first-order chi connectivity index (χ1) is 12.1. The summed E-state index contributed by atoms with van der Waals surface area (Å²) in [6, 6.07) is 15.2. The van der Waals surface area contributed by atoms with Gasteiger partial charge in [-0.25, -0.2) is 0 Å². The minimum absolute atomic E-state index is 0. The summed E-state index contributed by atoms with van der Waals surface area (Å²) in [7, 11) is 1.72. The number of hydrogen-bond acceptors (Lipinski definition) is 2. The summed E-state index contributed by atoms with van der Waals surface area (Å²) in [6.45, 7) is 3.72. The molecule has 0 atom stereocenters. The predicted molar refractivity (Wildman–Crippen MR) is 118 cm³/mol. The number of aliphatic imine (C=N–C) groups is 1. The molecule has 0 saturated carbocycles. The van der Waals surface area contributed by atoms with E-state index in [9.17, 15) is 4.79 Å². The van der Waals surface area contributed by atoms with Crippen LogP contribution in [0.4, 0.5) is 0 Å². The lowest BCUT2D eigenvalue weighted by Gasteiger charge is -2.13. The fourth-order valence-corrected chi connectivity index (χ4v) is 2.47. The largest absolute Gasteiger partial charge is 0.352 e. The number of carbonyl (C=O) groups excluding carboxylic acids is 1. The van der Waals surface area contributed by atoms with Gasteiger partial charge in [-0.1, -0.05) is 41.9 Å². The topological polar surface area (TPSA) is 65.5 Å². The minimum atomic E-state index is -0.0563. The summed E-state index contributed by atoms with van der Waals surface area (Å²) < 4.78 is 0. The van der Waals surface area contributed by atoms with Crippen LogP contribution in [0.25, 0.3) is 0 Å². The van der Waals surface area contributed by atoms with Crippen LogP contribution in [0.2, 0.25) is 5.02 Å². The highest BCUT2D eigenvalue weighted by Gasteiger charge is 2.05. The van der Waals surface area contributed by atoms with Gasteiger partial charge in [-0.05, 0) is 36.2 Å². The smallest absolute Gasteiger partial charge is 0.251 e. The van der Waals surface area contributed by atoms with E-state index in [2.05, 4.69) is 20.9 Å². The SMILES string of the molecule is CCNC(=O)c1ccc(CNC(=NC)NCc2ccccc2Cl)cc1.I. The number of nitrogens with zero attached hydrogens (tertiary/aromatic N) is 1. The number of carbonyl (C=O) groups is 1. The number of nitrogens with one attached hydrogen (secondary N) is 3. The van der Waals surface area contributed by atoms with E-state index in [1.165, 1.54) is 0 Å². The monoisotopic (exact) mass is 486 g/mol. The Kier molecular flexibility index (Phi) is 10.0. The van der Waals surface area contributed by atoms with Crippen LogP contribution >= 0.6 is 35.6 Å². The maximum absolute atomic E-state index is 11.7. The van der Waals surface area contributed by atoms with Crippen molar-refractivity contribution in [2.24, 2.45) is 4.99 Å². The second-order valence-electron chi connectivity index (χ2n) is 5.43. The van der Waals surface area contributed by atoms with Gasteiger partial charge in [-0.2, -0.15) is 0 Å². The normalized spacial score (nSPS) is 10.7.